The second-order valence-corrected chi connectivity index (χ2v) is 7.41. The van der Waals surface area contributed by atoms with Crippen LogP contribution in [0.2, 0.25) is 13.6 Å². The molecule has 134 valence electrons. The van der Waals surface area contributed by atoms with Crippen molar-refractivity contribution < 1.29 is 9.31 Å². The molecule has 0 spiro atoms. The molecule has 2 saturated heterocycles. The monoisotopic (exact) mass is 348 g/mol. The minimum atomic E-state index is 0.0383. The molecule has 2 fully saturated rings. The molecule has 4 atom stereocenters. The molecule has 2 aromatic rings. The smallest absolute Gasteiger partial charge is 0.376 e. The van der Waals surface area contributed by atoms with Crippen molar-refractivity contribution >= 4 is 14.1 Å². The Labute approximate surface area is 156 Å². The summed E-state index contributed by atoms with van der Waals surface area (Å²) in [6.45, 7) is 4.16. The van der Waals surface area contributed by atoms with Crippen molar-refractivity contribution in [2.45, 2.75) is 50.8 Å². The van der Waals surface area contributed by atoms with Gasteiger partial charge in [-0.3, -0.25) is 0 Å². The Morgan fingerprint density at radius 2 is 1.08 bits per heavy atom. The predicted octanol–water partition coefficient (Wildman–Crippen LogP) is 2.42. The standard InChI is InChI=1S/C20H26B2N2O2/c1-21-23-17(13-15-9-5-3-6-10-15)19(25-21)20-18(24-22(2)26-20)14-16-11-7-4-8-12-16/h3-12,17-20,23-24H,13-14H2,1-2H3/t17-,18-,19+,20+/m1/s1. The van der Waals surface area contributed by atoms with E-state index in [1.54, 1.807) is 0 Å². The van der Waals surface area contributed by atoms with Crippen molar-refractivity contribution in [3.05, 3.63) is 71.8 Å². The SMILES string of the molecule is CB1N[C@H](Cc2ccccc2)[C@@H]([C@H]2OB(C)N[C@@H]2Cc2ccccc2)O1. The van der Waals surface area contributed by atoms with Crippen LogP contribution >= 0.6 is 0 Å². The highest BCUT2D eigenvalue weighted by Gasteiger charge is 2.47. The zero-order chi connectivity index (χ0) is 17.9. The summed E-state index contributed by atoms with van der Waals surface area (Å²) in [6.07, 6.45) is 1.97. The molecule has 4 nitrogen and oxygen atoms in total. The summed E-state index contributed by atoms with van der Waals surface area (Å²) >= 11 is 0. The molecule has 0 radical (unpaired) electrons. The van der Waals surface area contributed by atoms with Crippen LogP contribution in [0.4, 0.5) is 0 Å². The van der Waals surface area contributed by atoms with E-state index in [1.807, 2.05) is 0 Å². The molecule has 2 aliphatic heterocycles. The molecular weight excluding hydrogens is 322 g/mol. The molecule has 0 amide bonds. The van der Waals surface area contributed by atoms with Crippen molar-refractivity contribution in [2.24, 2.45) is 0 Å². The Kier molecular flexibility index (Phi) is 5.46. The van der Waals surface area contributed by atoms with Crippen molar-refractivity contribution in [3.63, 3.8) is 0 Å². The third-order valence-corrected chi connectivity index (χ3v) is 5.33. The summed E-state index contributed by atoms with van der Waals surface area (Å²) in [5, 5.41) is 7.20. The normalized spacial score (nSPS) is 28.7. The zero-order valence-electron chi connectivity index (χ0n) is 15.5. The van der Waals surface area contributed by atoms with Gasteiger partial charge >= 0.3 is 14.1 Å². The van der Waals surface area contributed by atoms with Crippen LogP contribution in [-0.2, 0) is 22.2 Å². The maximum Gasteiger partial charge on any atom is 0.376 e. The number of nitrogens with one attached hydrogen (secondary N) is 2. The molecule has 2 aliphatic rings. The Hall–Kier alpha value is -1.59. The van der Waals surface area contributed by atoms with Crippen LogP contribution in [-0.4, -0.2) is 38.4 Å². The van der Waals surface area contributed by atoms with Crippen molar-refractivity contribution in [1.82, 2.24) is 10.5 Å². The summed E-state index contributed by atoms with van der Waals surface area (Å²) in [6, 6.07) is 21.7. The van der Waals surface area contributed by atoms with Gasteiger partial charge < -0.3 is 19.8 Å². The predicted molar refractivity (Wildman–Crippen MR) is 107 cm³/mol. The molecule has 0 aromatic heterocycles. The minimum absolute atomic E-state index is 0.0383. The molecule has 4 rings (SSSR count). The van der Waals surface area contributed by atoms with Crippen LogP contribution in [0.1, 0.15) is 11.1 Å². The number of hydrogen-bond donors (Lipinski definition) is 2. The molecule has 0 unspecified atom stereocenters. The summed E-state index contributed by atoms with van der Waals surface area (Å²) in [4.78, 5) is 0. The van der Waals surface area contributed by atoms with E-state index in [2.05, 4.69) is 84.8 Å². The topological polar surface area (TPSA) is 42.5 Å². The van der Waals surface area contributed by atoms with Gasteiger partial charge in [0.25, 0.3) is 0 Å². The quantitative estimate of drug-likeness (QED) is 0.815. The van der Waals surface area contributed by atoms with E-state index in [9.17, 15) is 0 Å². The van der Waals surface area contributed by atoms with E-state index in [0.717, 1.165) is 12.8 Å². The lowest BCUT2D eigenvalue weighted by atomic mass is 9.88. The Bertz CT molecular complexity index is 642. The van der Waals surface area contributed by atoms with Gasteiger partial charge in [0.2, 0.25) is 0 Å². The molecular formula is C20H26B2N2O2. The number of rotatable bonds is 5. The molecule has 2 heterocycles. The fourth-order valence-electron chi connectivity index (χ4n) is 4.23. The molecule has 2 N–H and O–H groups in total. The minimum Gasteiger partial charge on any atom is -0.414 e. The van der Waals surface area contributed by atoms with Gasteiger partial charge in [-0.2, -0.15) is 0 Å². The first kappa shape index (κ1) is 17.8. The van der Waals surface area contributed by atoms with Gasteiger partial charge in [-0.1, -0.05) is 60.7 Å². The first-order chi connectivity index (χ1) is 12.7. The van der Waals surface area contributed by atoms with Gasteiger partial charge in [0.1, 0.15) is 0 Å². The van der Waals surface area contributed by atoms with Gasteiger partial charge in [-0.15, -0.1) is 0 Å². The van der Waals surface area contributed by atoms with E-state index in [-0.39, 0.29) is 38.4 Å². The Balaban J connectivity index is 1.50. The Morgan fingerprint density at radius 3 is 1.46 bits per heavy atom. The lowest BCUT2D eigenvalue weighted by Crippen LogP contribution is -2.47. The highest BCUT2D eigenvalue weighted by molar-refractivity contribution is 6.49. The maximum absolute atomic E-state index is 6.27. The van der Waals surface area contributed by atoms with Crippen LogP contribution in [0.15, 0.2) is 60.7 Å². The average molecular weight is 348 g/mol. The average Bonchev–Trinajstić information content (AvgIpc) is 3.18. The third-order valence-electron chi connectivity index (χ3n) is 5.33. The fourth-order valence-corrected chi connectivity index (χ4v) is 4.23. The summed E-state index contributed by atoms with van der Waals surface area (Å²) in [7, 11) is 0.0937. The van der Waals surface area contributed by atoms with Crippen LogP contribution in [0, 0.1) is 0 Å². The largest absolute Gasteiger partial charge is 0.414 e. The molecule has 6 heteroatoms. The first-order valence-corrected chi connectivity index (χ1v) is 9.60. The van der Waals surface area contributed by atoms with Gasteiger partial charge in [0.05, 0.1) is 12.2 Å². The van der Waals surface area contributed by atoms with Gasteiger partial charge in [0.15, 0.2) is 0 Å². The molecule has 0 saturated carbocycles. The Morgan fingerprint density at radius 1 is 0.692 bits per heavy atom. The van der Waals surface area contributed by atoms with Crippen molar-refractivity contribution in [1.29, 1.82) is 0 Å². The van der Waals surface area contributed by atoms with E-state index in [0.29, 0.717) is 0 Å². The summed E-state index contributed by atoms with van der Waals surface area (Å²) < 4.78 is 12.5. The van der Waals surface area contributed by atoms with Gasteiger partial charge in [-0.25, -0.2) is 0 Å². The third kappa shape index (κ3) is 4.04. The first-order valence-electron chi connectivity index (χ1n) is 9.60. The van der Waals surface area contributed by atoms with Crippen molar-refractivity contribution in [2.75, 3.05) is 0 Å². The van der Waals surface area contributed by atoms with Crippen molar-refractivity contribution in [3.8, 4) is 0 Å². The highest BCUT2D eigenvalue weighted by atomic mass is 16.5. The maximum atomic E-state index is 6.27. The lowest BCUT2D eigenvalue weighted by Gasteiger charge is -2.29. The van der Waals surface area contributed by atoms with Crippen LogP contribution in [0.5, 0.6) is 0 Å². The fraction of sp³-hybridized carbons (Fsp3) is 0.400. The molecule has 2 aromatic carbocycles. The van der Waals surface area contributed by atoms with Crippen LogP contribution < -0.4 is 10.5 Å². The van der Waals surface area contributed by atoms with Gasteiger partial charge in [-0.05, 0) is 37.6 Å². The van der Waals surface area contributed by atoms with E-state index < -0.39 is 0 Å². The molecule has 26 heavy (non-hydrogen) atoms. The molecule has 0 bridgehead atoms. The second kappa shape index (κ2) is 7.97. The van der Waals surface area contributed by atoms with E-state index in [1.165, 1.54) is 11.1 Å². The number of benzene rings is 2. The molecule has 0 aliphatic carbocycles. The summed E-state index contributed by atoms with van der Waals surface area (Å²) in [5.41, 5.74) is 2.65. The lowest BCUT2D eigenvalue weighted by molar-refractivity contribution is 0.0547. The number of hydrogen-bond acceptors (Lipinski definition) is 4. The second-order valence-electron chi connectivity index (χ2n) is 7.41. The van der Waals surface area contributed by atoms with Crippen LogP contribution in [0.3, 0.4) is 0 Å². The van der Waals surface area contributed by atoms with Gasteiger partial charge in [0, 0.05) is 12.1 Å². The van der Waals surface area contributed by atoms with E-state index in [4.69, 9.17) is 9.31 Å². The summed E-state index contributed by atoms with van der Waals surface area (Å²) in [5.74, 6) is 0. The highest BCUT2D eigenvalue weighted by Crippen LogP contribution is 2.26. The zero-order valence-corrected chi connectivity index (χ0v) is 15.5. The van der Waals surface area contributed by atoms with E-state index >= 15 is 0 Å². The van der Waals surface area contributed by atoms with Crippen LogP contribution in [0.25, 0.3) is 0 Å².